The third kappa shape index (κ3) is 1.31. The Hall–Kier alpha value is -2.37. The minimum atomic E-state index is -1.10. The van der Waals surface area contributed by atoms with Crippen molar-refractivity contribution in [3.8, 4) is 0 Å². The first-order chi connectivity index (χ1) is 7.52. The van der Waals surface area contributed by atoms with E-state index in [1.54, 1.807) is 6.07 Å². The molecule has 2 rings (SSSR count). The number of fused-ring (bicyclic) bond motifs is 1. The molecule has 6 heteroatoms. The van der Waals surface area contributed by atoms with E-state index in [0.717, 1.165) is 0 Å². The molecule has 0 unspecified atom stereocenters. The molecule has 0 atom stereocenters. The van der Waals surface area contributed by atoms with E-state index < -0.39 is 10.9 Å². The van der Waals surface area contributed by atoms with Gasteiger partial charge >= 0.3 is 5.97 Å². The molecule has 0 aliphatic carbocycles. The van der Waals surface area contributed by atoms with E-state index >= 15 is 0 Å². The molecule has 0 aliphatic rings. The monoisotopic (exact) mass is 220 g/mol. The maximum atomic E-state index is 10.9. The number of carbonyl (C=O) groups is 1. The number of carboxylic acids is 1. The summed E-state index contributed by atoms with van der Waals surface area (Å²) in [6, 6.07) is 5.96. The molecule has 0 bridgehead atoms. The third-order valence-electron chi connectivity index (χ3n) is 2.45. The van der Waals surface area contributed by atoms with Crippen LogP contribution in [0.2, 0.25) is 0 Å². The zero-order valence-electron chi connectivity index (χ0n) is 8.38. The summed E-state index contributed by atoms with van der Waals surface area (Å²) in [6.07, 6.45) is 0. The summed E-state index contributed by atoms with van der Waals surface area (Å²) in [6.45, 7) is 0. The third-order valence-corrected chi connectivity index (χ3v) is 2.45. The Kier molecular flexibility index (Phi) is 2.12. The highest BCUT2D eigenvalue weighted by atomic mass is 16.6. The number of para-hydroxylation sites is 1. The van der Waals surface area contributed by atoms with E-state index in [4.69, 9.17) is 5.11 Å². The number of hydrogen-bond acceptors (Lipinski definition) is 3. The number of aromatic nitrogens is 1. The molecule has 0 aliphatic heterocycles. The van der Waals surface area contributed by atoms with Gasteiger partial charge in [-0.2, -0.15) is 0 Å². The summed E-state index contributed by atoms with van der Waals surface area (Å²) in [5.41, 5.74) is 0.265. The van der Waals surface area contributed by atoms with Crippen LogP contribution >= 0.6 is 0 Å². The number of nitro benzene ring substituents is 1. The van der Waals surface area contributed by atoms with Crippen LogP contribution in [0, 0.1) is 10.1 Å². The molecule has 1 aromatic heterocycles. The average molecular weight is 220 g/mol. The van der Waals surface area contributed by atoms with Crippen LogP contribution in [0.15, 0.2) is 24.3 Å². The van der Waals surface area contributed by atoms with E-state index in [-0.39, 0.29) is 11.4 Å². The smallest absolute Gasteiger partial charge is 0.352 e. The molecular weight excluding hydrogens is 212 g/mol. The topological polar surface area (TPSA) is 85.4 Å². The molecule has 16 heavy (non-hydrogen) atoms. The molecule has 6 nitrogen and oxygen atoms in total. The number of rotatable bonds is 2. The number of nitro groups is 1. The van der Waals surface area contributed by atoms with Crippen molar-refractivity contribution in [3.63, 3.8) is 0 Å². The molecule has 82 valence electrons. The van der Waals surface area contributed by atoms with Crippen LogP contribution in [0.25, 0.3) is 10.9 Å². The van der Waals surface area contributed by atoms with Crippen LogP contribution in [0.1, 0.15) is 10.5 Å². The fourth-order valence-corrected chi connectivity index (χ4v) is 1.75. The van der Waals surface area contributed by atoms with Gasteiger partial charge < -0.3 is 9.67 Å². The summed E-state index contributed by atoms with van der Waals surface area (Å²) in [5.74, 6) is -1.10. The van der Waals surface area contributed by atoms with Crippen LogP contribution in [0.3, 0.4) is 0 Å². The molecule has 1 aromatic carbocycles. The number of aromatic carboxylic acids is 1. The molecule has 1 N–H and O–H groups in total. The Balaban J connectivity index is 2.87. The highest BCUT2D eigenvalue weighted by molar-refractivity contribution is 5.97. The first-order valence-corrected chi connectivity index (χ1v) is 4.48. The number of hydrogen-bond donors (Lipinski definition) is 1. The van der Waals surface area contributed by atoms with E-state index in [0.29, 0.717) is 10.9 Å². The summed E-state index contributed by atoms with van der Waals surface area (Å²) >= 11 is 0. The molecule has 1 heterocycles. The van der Waals surface area contributed by atoms with E-state index in [2.05, 4.69) is 0 Å². The Morgan fingerprint density at radius 2 is 2.19 bits per heavy atom. The minimum absolute atomic E-state index is 0.0318. The SMILES string of the molecule is Cn1c(C(=O)O)cc2cccc([N+](=O)[O-])c21. The summed E-state index contributed by atoms with van der Waals surface area (Å²) < 4.78 is 1.32. The summed E-state index contributed by atoms with van der Waals surface area (Å²) in [4.78, 5) is 21.2. The minimum Gasteiger partial charge on any atom is -0.477 e. The van der Waals surface area contributed by atoms with E-state index in [9.17, 15) is 14.9 Å². The van der Waals surface area contributed by atoms with Gasteiger partial charge in [0.1, 0.15) is 11.2 Å². The second kappa shape index (κ2) is 3.34. The second-order valence-corrected chi connectivity index (χ2v) is 3.37. The maximum Gasteiger partial charge on any atom is 0.352 e. The lowest BCUT2D eigenvalue weighted by Crippen LogP contribution is -2.04. The van der Waals surface area contributed by atoms with Gasteiger partial charge in [0.15, 0.2) is 0 Å². The Bertz CT molecular complexity index is 600. The zero-order valence-corrected chi connectivity index (χ0v) is 8.38. The van der Waals surface area contributed by atoms with Gasteiger partial charge in [0, 0.05) is 18.5 Å². The molecule has 0 fully saturated rings. The molecule has 0 saturated carbocycles. The molecule has 0 amide bonds. The van der Waals surface area contributed by atoms with Gasteiger partial charge in [-0.25, -0.2) is 4.79 Å². The largest absolute Gasteiger partial charge is 0.477 e. The van der Waals surface area contributed by atoms with Gasteiger partial charge in [-0.3, -0.25) is 10.1 Å². The van der Waals surface area contributed by atoms with Crippen molar-refractivity contribution in [1.29, 1.82) is 0 Å². The van der Waals surface area contributed by atoms with Gasteiger partial charge in [-0.05, 0) is 6.07 Å². The van der Waals surface area contributed by atoms with Gasteiger partial charge in [-0.15, -0.1) is 0 Å². The molecular formula is C10H8N2O4. The quantitative estimate of drug-likeness (QED) is 0.617. The lowest BCUT2D eigenvalue weighted by molar-refractivity contribution is -0.383. The van der Waals surface area contributed by atoms with Gasteiger partial charge in [0.25, 0.3) is 5.69 Å². The zero-order chi connectivity index (χ0) is 11.9. The van der Waals surface area contributed by atoms with E-state index in [1.165, 1.54) is 29.8 Å². The Morgan fingerprint density at radius 1 is 1.50 bits per heavy atom. The van der Waals surface area contributed by atoms with Crippen molar-refractivity contribution in [3.05, 3.63) is 40.1 Å². The summed E-state index contributed by atoms with van der Waals surface area (Å²) in [7, 11) is 1.50. The first-order valence-electron chi connectivity index (χ1n) is 4.48. The molecule has 2 aromatic rings. The van der Waals surface area contributed by atoms with Gasteiger partial charge in [-0.1, -0.05) is 12.1 Å². The molecule has 0 spiro atoms. The number of non-ortho nitro benzene ring substituents is 1. The normalized spacial score (nSPS) is 10.6. The van der Waals surface area contributed by atoms with Crippen molar-refractivity contribution in [2.24, 2.45) is 7.05 Å². The van der Waals surface area contributed by atoms with Gasteiger partial charge in [0.05, 0.1) is 4.92 Å². The lowest BCUT2D eigenvalue weighted by atomic mass is 10.2. The fourth-order valence-electron chi connectivity index (χ4n) is 1.75. The fraction of sp³-hybridized carbons (Fsp3) is 0.100. The second-order valence-electron chi connectivity index (χ2n) is 3.37. The predicted molar refractivity (Wildman–Crippen MR) is 56.5 cm³/mol. The van der Waals surface area contributed by atoms with Crippen LogP contribution in [0.5, 0.6) is 0 Å². The van der Waals surface area contributed by atoms with Gasteiger partial charge in [0.2, 0.25) is 0 Å². The number of carboxylic acid groups (broad SMARTS) is 1. The Morgan fingerprint density at radius 3 is 2.75 bits per heavy atom. The number of nitrogens with zero attached hydrogens (tertiary/aromatic N) is 2. The number of benzene rings is 1. The highest BCUT2D eigenvalue weighted by Gasteiger charge is 2.19. The van der Waals surface area contributed by atoms with Crippen molar-refractivity contribution < 1.29 is 14.8 Å². The first kappa shape index (κ1) is 10.2. The average Bonchev–Trinajstić information content (AvgIpc) is 2.56. The molecule has 0 saturated heterocycles. The van der Waals surface area contributed by atoms with Crippen LogP contribution in [-0.4, -0.2) is 20.6 Å². The van der Waals surface area contributed by atoms with Crippen molar-refractivity contribution in [1.82, 2.24) is 4.57 Å². The standard InChI is InChI=1S/C10H8N2O4/c1-11-8(10(13)14)5-6-3-2-4-7(9(6)11)12(15)16/h2-5H,1H3,(H,13,14). The van der Waals surface area contributed by atoms with E-state index in [1.807, 2.05) is 0 Å². The lowest BCUT2D eigenvalue weighted by Gasteiger charge is -1.99. The summed E-state index contributed by atoms with van der Waals surface area (Å²) in [5, 5.41) is 20.2. The van der Waals surface area contributed by atoms with Crippen LogP contribution < -0.4 is 0 Å². The van der Waals surface area contributed by atoms with Crippen molar-refractivity contribution >= 4 is 22.6 Å². The predicted octanol–water partition coefficient (Wildman–Crippen LogP) is 1.78. The number of aryl methyl sites for hydroxylation is 1. The highest BCUT2D eigenvalue weighted by Crippen LogP contribution is 2.27. The van der Waals surface area contributed by atoms with Crippen molar-refractivity contribution in [2.75, 3.05) is 0 Å². The van der Waals surface area contributed by atoms with Crippen molar-refractivity contribution in [2.45, 2.75) is 0 Å². The van der Waals surface area contributed by atoms with Crippen LogP contribution in [0.4, 0.5) is 5.69 Å². The maximum absolute atomic E-state index is 10.9. The Labute approximate surface area is 89.9 Å². The molecule has 0 radical (unpaired) electrons. The van der Waals surface area contributed by atoms with Crippen LogP contribution in [-0.2, 0) is 7.05 Å².